The molecule has 100 valence electrons. The van der Waals surface area contributed by atoms with Crippen molar-refractivity contribution >= 4 is 7.60 Å². The number of hydrogen-bond donors (Lipinski definition) is 0. The van der Waals surface area contributed by atoms with E-state index in [1.54, 1.807) is 0 Å². The maximum atomic E-state index is 12.0. The number of benzene rings is 2. The molecule has 0 aliphatic carbocycles. The van der Waals surface area contributed by atoms with Gasteiger partial charge in [0.1, 0.15) is 0 Å². The van der Waals surface area contributed by atoms with Crippen LogP contribution in [0.2, 0.25) is 0 Å². The summed E-state index contributed by atoms with van der Waals surface area (Å²) < 4.78 is 22.5. The van der Waals surface area contributed by atoms with Gasteiger partial charge in [0.25, 0.3) is 0 Å². The Morgan fingerprint density at radius 2 is 1.15 bits per heavy atom. The van der Waals surface area contributed by atoms with E-state index in [1.165, 1.54) is 0 Å². The molecule has 0 aromatic heterocycles. The summed E-state index contributed by atoms with van der Waals surface area (Å²) in [6.07, 6.45) is 0. The molecule has 0 spiro atoms. The Balaban J connectivity index is 0.00000200. The summed E-state index contributed by atoms with van der Waals surface area (Å²) in [5.74, 6) is 0. The third kappa shape index (κ3) is 6.09. The minimum Gasteiger partial charge on any atom is -0.326 e. The van der Waals surface area contributed by atoms with Crippen LogP contribution in [0.15, 0.2) is 60.7 Å². The minimum absolute atomic E-state index is 0. The first-order valence-electron chi connectivity index (χ1n) is 5.97. The van der Waals surface area contributed by atoms with Crippen LogP contribution in [0.5, 0.6) is 0 Å². The molecule has 0 saturated heterocycles. The van der Waals surface area contributed by atoms with Gasteiger partial charge in [-0.15, -0.1) is 0 Å². The van der Waals surface area contributed by atoms with E-state index in [0.717, 1.165) is 11.1 Å². The van der Waals surface area contributed by atoms with Gasteiger partial charge in [0.15, 0.2) is 7.60 Å². The van der Waals surface area contributed by atoms with Gasteiger partial charge in [-0.25, -0.2) is 6.66 Å². The van der Waals surface area contributed by atoms with Gasteiger partial charge in [0.05, 0.1) is 13.2 Å². The Hall–Kier alpha value is -0.813. The van der Waals surface area contributed by atoms with Gasteiger partial charge < -0.3 is 9.05 Å². The average Bonchev–Trinajstić information content (AvgIpc) is 2.46. The van der Waals surface area contributed by atoms with E-state index >= 15 is 0 Å². The molecule has 0 fully saturated rings. The molecular weight excluding hydrogens is 266 g/mol. The molecule has 0 aliphatic rings. The van der Waals surface area contributed by atoms with E-state index in [0.29, 0.717) is 0 Å². The zero-order valence-electron chi connectivity index (χ0n) is 11.6. The molecule has 0 unspecified atom stereocenters. The summed E-state index contributed by atoms with van der Waals surface area (Å²) in [6.45, 7) is 3.98. The molecule has 0 heterocycles. The molecule has 2 rings (SSSR count). The van der Waals surface area contributed by atoms with Gasteiger partial charge in [-0.1, -0.05) is 60.7 Å². The van der Waals surface area contributed by atoms with E-state index in [2.05, 4.69) is 6.66 Å². The van der Waals surface area contributed by atoms with E-state index in [4.69, 9.17) is 9.05 Å². The van der Waals surface area contributed by atoms with Crippen molar-refractivity contribution < 1.29 is 32.5 Å². The van der Waals surface area contributed by atoms with Crippen LogP contribution in [0.4, 0.5) is 0 Å². The summed E-state index contributed by atoms with van der Waals surface area (Å²) in [6, 6.07) is 19.0. The second-order valence-corrected chi connectivity index (χ2v) is 5.87. The maximum Gasteiger partial charge on any atom is 1.00 e. The molecule has 20 heavy (non-hydrogen) atoms. The van der Waals surface area contributed by atoms with Crippen LogP contribution in [0.25, 0.3) is 0 Å². The maximum absolute atomic E-state index is 12.0. The Labute approximate surface area is 132 Å². The first kappa shape index (κ1) is 17.2. The molecule has 3 nitrogen and oxygen atoms in total. The second kappa shape index (κ2) is 8.47. The van der Waals surface area contributed by atoms with Gasteiger partial charge >= 0.3 is 18.9 Å². The van der Waals surface area contributed by atoms with E-state index in [1.807, 2.05) is 60.7 Å². The van der Waals surface area contributed by atoms with Crippen molar-refractivity contribution in [3.8, 4) is 0 Å². The van der Waals surface area contributed by atoms with Gasteiger partial charge in [0.2, 0.25) is 0 Å². The molecule has 0 amide bonds. The Kier molecular flexibility index (Phi) is 7.30. The molecular formula is C15H16LiO3P. The fraction of sp³-hybridized carbons (Fsp3) is 0.133. The SMILES string of the molecule is [CH2-]P(=O)(OCc1ccccc1)OCc1ccccc1.[Li+]. The van der Waals surface area contributed by atoms with Crippen molar-refractivity contribution in [2.45, 2.75) is 13.2 Å². The first-order chi connectivity index (χ1) is 9.16. The summed E-state index contributed by atoms with van der Waals surface area (Å²) in [7, 11) is -3.27. The van der Waals surface area contributed by atoms with Crippen LogP contribution >= 0.6 is 7.60 Å². The zero-order valence-corrected chi connectivity index (χ0v) is 12.5. The Morgan fingerprint density at radius 1 is 0.800 bits per heavy atom. The van der Waals surface area contributed by atoms with Crippen molar-refractivity contribution in [3.05, 3.63) is 78.5 Å². The molecule has 2 aromatic rings. The predicted octanol–water partition coefficient (Wildman–Crippen LogP) is 1.41. The van der Waals surface area contributed by atoms with Crippen LogP contribution < -0.4 is 18.9 Å². The molecule has 0 radical (unpaired) electrons. The number of rotatable bonds is 6. The topological polar surface area (TPSA) is 35.5 Å². The van der Waals surface area contributed by atoms with Crippen LogP contribution in [-0.4, -0.2) is 0 Å². The normalized spacial score (nSPS) is 10.8. The van der Waals surface area contributed by atoms with Crippen molar-refractivity contribution in [1.29, 1.82) is 0 Å². The molecule has 0 aliphatic heterocycles. The van der Waals surface area contributed by atoms with Crippen LogP contribution in [0, 0.1) is 6.66 Å². The second-order valence-electron chi connectivity index (χ2n) is 4.13. The Morgan fingerprint density at radius 3 is 1.50 bits per heavy atom. The summed E-state index contributed by atoms with van der Waals surface area (Å²) in [4.78, 5) is 0. The summed E-state index contributed by atoms with van der Waals surface area (Å²) in [5.41, 5.74) is 1.88. The van der Waals surface area contributed by atoms with Crippen LogP contribution in [0.1, 0.15) is 11.1 Å². The van der Waals surface area contributed by atoms with E-state index < -0.39 is 7.60 Å². The molecule has 5 heteroatoms. The Bertz CT molecular complexity index is 498. The molecule has 2 aromatic carbocycles. The van der Waals surface area contributed by atoms with Gasteiger partial charge in [0, 0.05) is 0 Å². The predicted molar refractivity (Wildman–Crippen MR) is 75.4 cm³/mol. The van der Waals surface area contributed by atoms with Gasteiger partial charge in [-0.3, -0.25) is 4.57 Å². The third-order valence-electron chi connectivity index (χ3n) is 2.54. The van der Waals surface area contributed by atoms with Crippen molar-refractivity contribution in [2.24, 2.45) is 0 Å². The molecule has 0 atom stereocenters. The fourth-order valence-electron chi connectivity index (χ4n) is 1.53. The summed E-state index contributed by atoms with van der Waals surface area (Å²) >= 11 is 0. The standard InChI is InChI=1S/C15H16O3P.Li/c1-19(16,17-12-14-8-4-2-5-9-14)18-13-15-10-6-3-7-11-15;/h2-11H,1,12-13H2;/q-1;+1. The summed E-state index contributed by atoms with van der Waals surface area (Å²) in [5, 5.41) is 0. The molecule has 0 saturated carbocycles. The quantitative estimate of drug-likeness (QED) is 0.456. The first-order valence-corrected chi connectivity index (χ1v) is 7.70. The third-order valence-corrected chi connectivity index (χ3v) is 3.59. The monoisotopic (exact) mass is 282 g/mol. The molecule has 0 bridgehead atoms. The van der Waals surface area contributed by atoms with Crippen LogP contribution in [-0.2, 0) is 26.8 Å². The number of hydrogen-bond acceptors (Lipinski definition) is 3. The van der Waals surface area contributed by atoms with Gasteiger partial charge in [-0.05, 0) is 11.1 Å². The van der Waals surface area contributed by atoms with E-state index in [-0.39, 0.29) is 32.1 Å². The van der Waals surface area contributed by atoms with Crippen molar-refractivity contribution in [1.82, 2.24) is 0 Å². The van der Waals surface area contributed by atoms with Gasteiger partial charge in [-0.2, -0.15) is 0 Å². The fourth-order valence-corrected chi connectivity index (χ4v) is 2.30. The minimum atomic E-state index is -3.27. The van der Waals surface area contributed by atoms with Crippen molar-refractivity contribution in [3.63, 3.8) is 0 Å². The van der Waals surface area contributed by atoms with E-state index in [9.17, 15) is 4.57 Å². The average molecular weight is 282 g/mol. The molecule has 0 N–H and O–H groups in total. The largest absolute Gasteiger partial charge is 1.00 e. The zero-order chi connectivity index (χ0) is 13.6. The van der Waals surface area contributed by atoms with Crippen LogP contribution in [0.3, 0.4) is 0 Å². The smallest absolute Gasteiger partial charge is 0.326 e. The van der Waals surface area contributed by atoms with Crippen molar-refractivity contribution in [2.75, 3.05) is 0 Å².